The van der Waals surface area contributed by atoms with Gasteiger partial charge in [0.15, 0.2) is 0 Å². The predicted molar refractivity (Wildman–Crippen MR) is 75.6 cm³/mol. The summed E-state index contributed by atoms with van der Waals surface area (Å²) in [4.78, 5) is 14.0. The van der Waals surface area contributed by atoms with Crippen LogP contribution in [0.1, 0.15) is 6.42 Å². The Morgan fingerprint density at radius 1 is 1.33 bits per heavy atom. The van der Waals surface area contributed by atoms with Crippen LogP contribution in [0.3, 0.4) is 0 Å². The fourth-order valence-corrected chi connectivity index (χ4v) is 2.22. The number of para-hydroxylation sites is 2. The van der Waals surface area contributed by atoms with Gasteiger partial charge in [-0.3, -0.25) is 9.69 Å². The molecule has 1 heterocycles. The first-order chi connectivity index (χ1) is 10.1. The summed E-state index contributed by atoms with van der Waals surface area (Å²) in [6.07, 6.45) is 0.984. The van der Waals surface area contributed by atoms with E-state index < -0.39 is 6.61 Å². The molecule has 1 amide bonds. The van der Waals surface area contributed by atoms with Crippen molar-refractivity contribution in [1.82, 2.24) is 10.2 Å². The van der Waals surface area contributed by atoms with Crippen LogP contribution in [0.2, 0.25) is 0 Å². The lowest BCUT2D eigenvalue weighted by Gasteiger charge is -2.19. The highest BCUT2D eigenvalue weighted by molar-refractivity contribution is 5.93. The molecule has 0 atom stereocenters. The lowest BCUT2D eigenvalue weighted by Crippen LogP contribution is -2.35. The molecule has 0 unspecified atom stereocenters. The number of hydrogen-bond donors (Lipinski definition) is 2. The highest BCUT2D eigenvalue weighted by Crippen LogP contribution is 2.25. The van der Waals surface area contributed by atoms with E-state index in [4.69, 9.17) is 0 Å². The summed E-state index contributed by atoms with van der Waals surface area (Å²) in [5.41, 5.74) is 0.260. The number of nitrogens with zero attached hydrogens (tertiary/aromatic N) is 1. The Kier molecular flexibility index (Phi) is 5.89. The molecule has 1 aliphatic heterocycles. The molecular weight excluding hydrogens is 280 g/mol. The molecular formula is C14H19F2N3O2. The first-order valence-electron chi connectivity index (χ1n) is 6.92. The summed E-state index contributed by atoms with van der Waals surface area (Å²) in [5, 5.41) is 5.88. The van der Waals surface area contributed by atoms with Gasteiger partial charge >= 0.3 is 6.61 Å². The number of amides is 1. The van der Waals surface area contributed by atoms with Crippen molar-refractivity contribution in [2.24, 2.45) is 0 Å². The van der Waals surface area contributed by atoms with E-state index >= 15 is 0 Å². The zero-order valence-corrected chi connectivity index (χ0v) is 11.6. The second-order valence-electron chi connectivity index (χ2n) is 4.80. The fourth-order valence-electron chi connectivity index (χ4n) is 2.22. The number of benzene rings is 1. The molecule has 116 valence electrons. The van der Waals surface area contributed by atoms with Crippen LogP contribution in [-0.4, -0.2) is 50.1 Å². The molecule has 1 aromatic carbocycles. The van der Waals surface area contributed by atoms with Gasteiger partial charge in [0.1, 0.15) is 5.75 Å². The van der Waals surface area contributed by atoms with Crippen molar-refractivity contribution in [3.8, 4) is 5.75 Å². The summed E-state index contributed by atoms with van der Waals surface area (Å²) < 4.78 is 29.0. The Morgan fingerprint density at radius 3 is 2.95 bits per heavy atom. The number of hydrogen-bond acceptors (Lipinski definition) is 4. The minimum atomic E-state index is -2.92. The number of ether oxygens (including phenoxy) is 1. The van der Waals surface area contributed by atoms with Crippen LogP contribution in [-0.2, 0) is 4.79 Å². The Balaban J connectivity index is 1.92. The van der Waals surface area contributed by atoms with Gasteiger partial charge in [0.2, 0.25) is 5.91 Å². The van der Waals surface area contributed by atoms with Crippen molar-refractivity contribution in [2.75, 3.05) is 38.0 Å². The minimum absolute atomic E-state index is 0.0293. The molecule has 1 aliphatic rings. The van der Waals surface area contributed by atoms with Crippen molar-refractivity contribution in [3.05, 3.63) is 24.3 Å². The van der Waals surface area contributed by atoms with E-state index in [1.165, 1.54) is 6.07 Å². The molecule has 2 N–H and O–H groups in total. The second kappa shape index (κ2) is 7.90. The average Bonchev–Trinajstić information content (AvgIpc) is 2.69. The van der Waals surface area contributed by atoms with Crippen LogP contribution < -0.4 is 15.4 Å². The number of nitrogens with one attached hydrogen (secondary N) is 2. The molecule has 0 spiro atoms. The van der Waals surface area contributed by atoms with Gasteiger partial charge in [-0.25, -0.2) is 0 Å². The third-order valence-electron chi connectivity index (χ3n) is 3.18. The number of halogens is 2. The monoisotopic (exact) mass is 299 g/mol. The van der Waals surface area contributed by atoms with E-state index in [9.17, 15) is 13.6 Å². The topological polar surface area (TPSA) is 53.6 Å². The molecule has 7 heteroatoms. The molecule has 0 saturated carbocycles. The Morgan fingerprint density at radius 2 is 2.14 bits per heavy atom. The Hall–Kier alpha value is -1.73. The smallest absolute Gasteiger partial charge is 0.387 e. The molecule has 1 aromatic rings. The first-order valence-corrected chi connectivity index (χ1v) is 6.92. The normalized spacial score (nSPS) is 16.5. The van der Waals surface area contributed by atoms with Gasteiger partial charge in [-0.05, 0) is 31.6 Å². The van der Waals surface area contributed by atoms with Crippen LogP contribution in [0.5, 0.6) is 5.75 Å². The summed E-state index contributed by atoms with van der Waals surface area (Å²) in [6.45, 7) is 0.754. The van der Waals surface area contributed by atoms with E-state index in [1.54, 1.807) is 18.2 Å². The summed E-state index contributed by atoms with van der Waals surface area (Å²) in [6, 6.07) is 6.18. The predicted octanol–water partition coefficient (Wildman–Crippen LogP) is 1.52. The molecule has 2 rings (SSSR count). The maximum atomic E-state index is 12.3. The highest BCUT2D eigenvalue weighted by Gasteiger charge is 2.15. The van der Waals surface area contributed by atoms with Gasteiger partial charge < -0.3 is 15.4 Å². The number of carbonyl (C=O) groups excluding carboxylic acids is 1. The van der Waals surface area contributed by atoms with E-state index in [-0.39, 0.29) is 23.9 Å². The van der Waals surface area contributed by atoms with Crippen LogP contribution in [0.4, 0.5) is 14.5 Å². The van der Waals surface area contributed by atoms with Crippen LogP contribution >= 0.6 is 0 Å². The van der Waals surface area contributed by atoms with Crippen molar-refractivity contribution in [3.63, 3.8) is 0 Å². The number of alkyl halides is 2. The van der Waals surface area contributed by atoms with Gasteiger partial charge in [-0.2, -0.15) is 8.78 Å². The lowest BCUT2D eigenvalue weighted by molar-refractivity contribution is -0.117. The third kappa shape index (κ3) is 5.28. The largest absolute Gasteiger partial charge is 0.433 e. The van der Waals surface area contributed by atoms with E-state index in [0.717, 1.165) is 32.6 Å². The average molecular weight is 299 g/mol. The van der Waals surface area contributed by atoms with Crippen LogP contribution in [0, 0.1) is 0 Å². The highest BCUT2D eigenvalue weighted by atomic mass is 19.3. The van der Waals surface area contributed by atoms with Crippen molar-refractivity contribution < 1.29 is 18.3 Å². The van der Waals surface area contributed by atoms with E-state index in [0.29, 0.717) is 0 Å². The van der Waals surface area contributed by atoms with Gasteiger partial charge in [-0.1, -0.05) is 12.1 Å². The van der Waals surface area contributed by atoms with Gasteiger partial charge in [0.25, 0.3) is 0 Å². The molecule has 0 aromatic heterocycles. The zero-order valence-electron chi connectivity index (χ0n) is 11.6. The number of anilines is 1. The summed E-state index contributed by atoms with van der Waals surface area (Å²) in [7, 11) is 0. The van der Waals surface area contributed by atoms with Crippen molar-refractivity contribution >= 4 is 11.6 Å². The van der Waals surface area contributed by atoms with Gasteiger partial charge in [0, 0.05) is 13.1 Å². The van der Waals surface area contributed by atoms with Crippen LogP contribution in [0.15, 0.2) is 24.3 Å². The molecule has 1 saturated heterocycles. The minimum Gasteiger partial charge on any atom is -0.433 e. The Bertz CT molecular complexity index is 463. The quantitative estimate of drug-likeness (QED) is 0.865. The van der Waals surface area contributed by atoms with Crippen LogP contribution in [0.25, 0.3) is 0 Å². The van der Waals surface area contributed by atoms with Gasteiger partial charge in [-0.15, -0.1) is 0 Å². The summed E-state index contributed by atoms with van der Waals surface area (Å²) in [5.74, 6) is -0.263. The lowest BCUT2D eigenvalue weighted by atomic mass is 10.3. The standard InChI is InChI=1S/C14H19F2N3O2/c15-14(16)21-12-5-2-1-4-11(12)18-13(20)10-19-8-3-6-17-7-9-19/h1-2,4-5,14,17H,3,6-10H2,(H,18,20). The zero-order chi connectivity index (χ0) is 15.1. The third-order valence-corrected chi connectivity index (χ3v) is 3.18. The summed E-state index contributed by atoms with van der Waals surface area (Å²) >= 11 is 0. The van der Waals surface area contributed by atoms with Gasteiger partial charge in [0.05, 0.1) is 12.2 Å². The number of rotatable bonds is 5. The molecule has 0 radical (unpaired) electrons. The fraction of sp³-hybridized carbons (Fsp3) is 0.500. The first kappa shape index (κ1) is 15.7. The van der Waals surface area contributed by atoms with Crippen molar-refractivity contribution in [1.29, 1.82) is 0 Å². The maximum Gasteiger partial charge on any atom is 0.387 e. The van der Waals surface area contributed by atoms with E-state index in [2.05, 4.69) is 15.4 Å². The molecule has 5 nitrogen and oxygen atoms in total. The Labute approximate surface area is 122 Å². The number of carbonyl (C=O) groups is 1. The molecule has 0 bridgehead atoms. The van der Waals surface area contributed by atoms with E-state index in [1.807, 2.05) is 4.90 Å². The SMILES string of the molecule is O=C(CN1CCCNCC1)Nc1ccccc1OC(F)F. The molecule has 21 heavy (non-hydrogen) atoms. The maximum absolute atomic E-state index is 12.3. The second-order valence-corrected chi connectivity index (χ2v) is 4.80. The van der Waals surface area contributed by atoms with Crippen molar-refractivity contribution in [2.45, 2.75) is 13.0 Å². The molecule has 0 aliphatic carbocycles. The molecule has 1 fully saturated rings.